The third kappa shape index (κ3) is 4.42. The number of rotatable bonds is 5. The van der Waals surface area contributed by atoms with E-state index in [4.69, 9.17) is 0 Å². The molecule has 0 radical (unpaired) electrons. The zero-order valence-electron chi connectivity index (χ0n) is 14.2. The highest BCUT2D eigenvalue weighted by Gasteiger charge is 2.25. The number of carbonyl (C=O) groups excluding carboxylic acids is 2. The molecule has 2 amide bonds. The second-order valence-electron chi connectivity index (χ2n) is 6.17. The molecule has 2 heterocycles. The largest absolute Gasteiger partial charge is 0.346 e. The number of pyridine rings is 1. The van der Waals surface area contributed by atoms with Gasteiger partial charge in [0.05, 0.1) is 24.5 Å². The van der Waals surface area contributed by atoms with E-state index in [1.807, 2.05) is 19.1 Å². The van der Waals surface area contributed by atoms with Gasteiger partial charge in [0, 0.05) is 19.3 Å². The lowest BCUT2D eigenvalue weighted by Crippen LogP contribution is -2.48. The van der Waals surface area contributed by atoms with Crippen molar-refractivity contribution in [2.24, 2.45) is 0 Å². The summed E-state index contributed by atoms with van der Waals surface area (Å²) < 4.78 is 0. The first-order chi connectivity index (χ1) is 12.1. The smallest absolute Gasteiger partial charge is 0.243 e. The minimum atomic E-state index is -0.278. The summed E-state index contributed by atoms with van der Waals surface area (Å²) in [4.78, 5) is 30.3. The monoisotopic (exact) mass is 338 g/mol. The van der Waals surface area contributed by atoms with Gasteiger partial charge >= 0.3 is 0 Å². The van der Waals surface area contributed by atoms with Crippen LogP contribution in [0.3, 0.4) is 0 Å². The Bertz CT molecular complexity index is 748. The molecule has 1 atom stereocenters. The van der Waals surface area contributed by atoms with Crippen LogP contribution in [0.25, 0.3) is 0 Å². The Morgan fingerprint density at radius 2 is 2.00 bits per heavy atom. The van der Waals surface area contributed by atoms with Crippen LogP contribution in [0.15, 0.2) is 48.8 Å². The van der Waals surface area contributed by atoms with Crippen LogP contribution in [0, 0.1) is 0 Å². The number of benzene rings is 1. The lowest BCUT2D eigenvalue weighted by molar-refractivity contribution is -0.128. The quantitative estimate of drug-likeness (QED) is 0.868. The van der Waals surface area contributed by atoms with Crippen LogP contribution < -0.4 is 10.6 Å². The van der Waals surface area contributed by atoms with Gasteiger partial charge in [0.25, 0.3) is 0 Å². The van der Waals surface area contributed by atoms with E-state index in [1.54, 1.807) is 24.5 Å². The van der Waals surface area contributed by atoms with Crippen molar-refractivity contribution in [2.45, 2.75) is 25.9 Å². The number of hydrogen-bond acceptors (Lipinski definition) is 4. The van der Waals surface area contributed by atoms with Crippen molar-refractivity contribution in [3.8, 4) is 0 Å². The summed E-state index contributed by atoms with van der Waals surface area (Å²) in [5, 5.41) is 5.41. The fraction of sp³-hybridized carbons (Fsp3) is 0.316. The number of amides is 2. The van der Waals surface area contributed by atoms with Gasteiger partial charge in [-0.25, -0.2) is 0 Å². The lowest BCUT2D eigenvalue weighted by Gasteiger charge is -2.32. The second kappa shape index (κ2) is 7.90. The second-order valence-corrected chi connectivity index (χ2v) is 6.17. The van der Waals surface area contributed by atoms with Crippen molar-refractivity contribution in [3.05, 3.63) is 59.9 Å². The highest BCUT2D eigenvalue weighted by Crippen LogP contribution is 2.20. The standard InChI is InChI=1S/C19H22N4O2/c1-14(23-10-8-15-5-2-3-6-16(15)13-23)19(25)21-12-18(24)22-17-7-4-9-20-11-17/h2-7,9,11,14H,8,10,12-13H2,1H3,(H,21,25)(H,22,24)/t14-/m0/s1. The molecule has 2 N–H and O–H groups in total. The molecule has 3 rings (SSSR count). The third-order valence-corrected chi connectivity index (χ3v) is 4.46. The van der Waals surface area contributed by atoms with E-state index in [-0.39, 0.29) is 24.4 Å². The van der Waals surface area contributed by atoms with E-state index in [0.717, 1.165) is 19.5 Å². The zero-order chi connectivity index (χ0) is 17.6. The molecule has 1 aromatic carbocycles. The van der Waals surface area contributed by atoms with Crippen LogP contribution in [-0.4, -0.2) is 40.8 Å². The molecule has 0 fully saturated rings. The minimum absolute atomic E-state index is 0.0531. The SMILES string of the molecule is C[C@@H](C(=O)NCC(=O)Nc1cccnc1)N1CCc2ccccc2C1. The predicted octanol–water partition coefficient (Wildman–Crippen LogP) is 1.58. The van der Waals surface area contributed by atoms with Gasteiger partial charge in [-0.1, -0.05) is 24.3 Å². The van der Waals surface area contributed by atoms with E-state index < -0.39 is 0 Å². The Kier molecular flexibility index (Phi) is 5.40. The van der Waals surface area contributed by atoms with Crippen molar-refractivity contribution < 1.29 is 9.59 Å². The number of aromatic nitrogens is 1. The molecule has 1 aromatic heterocycles. The molecule has 0 unspecified atom stereocenters. The maximum absolute atomic E-state index is 12.4. The van der Waals surface area contributed by atoms with E-state index in [0.29, 0.717) is 5.69 Å². The van der Waals surface area contributed by atoms with E-state index >= 15 is 0 Å². The normalized spacial score (nSPS) is 15.1. The molecule has 6 nitrogen and oxygen atoms in total. The Hall–Kier alpha value is -2.73. The van der Waals surface area contributed by atoms with Crippen LogP contribution in [0.4, 0.5) is 5.69 Å². The number of nitrogens with one attached hydrogen (secondary N) is 2. The predicted molar refractivity (Wildman–Crippen MR) is 95.9 cm³/mol. The molecule has 2 aromatic rings. The molecule has 25 heavy (non-hydrogen) atoms. The molecular formula is C19H22N4O2. The molecule has 0 saturated heterocycles. The first-order valence-corrected chi connectivity index (χ1v) is 8.42. The maximum Gasteiger partial charge on any atom is 0.243 e. The summed E-state index contributed by atoms with van der Waals surface area (Å²) >= 11 is 0. The van der Waals surface area contributed by atoms with Gasteiger partial charge in [0.2, 0.25) is 11.8 Å². The lowest BCUT2D eigenvalue weighted by atomic mass is 9.99. The molecular weight excluding hydrogens is 316 g/mol. The van der Waals surface area contributed by atoms with Crippen molar-refractivity contribution in [3.63, 3.8) is 0 Å². The number of anilines is 1. The molecule has 1 aliphatic heterocycles. The van der Waals surface area contributed by atoms with Crippen LogP contribution in [0.1, 0.15) is 18.1 Å². The average Bonchev–Trinajstić information content (AvgIpc) is 2.66. The van der Waals surface area contributed by atoms with Crippen molar-refractivity contribution in [1.82, 2.24) is 15.2 Å². The number of carbonyl (C=O) groups is 2. The fourth-order valence-electron chi connectivity index (χ4n) is 2.97. The summed E-state index contributed by atoms with van der Waals surface area (Å²) in [5.74, 6) is -0.404. The van der Waals surface area contributed by atoms with Gasteiger partial charge in [0.15, 0.2) is 0 Å². The zero-order valence-corrected chi connectivity index (χ0v) is 14.2. The van der Waals surface area contributed by atoms with Crippen LogP contribution in [0.5, 0.6) is 0 Å². The number of fused-ring (bicyclic) bond motifs is 1. The molecule has 0 aliphatic carbocycles. The first-order valence-electron chi connectivity index (χ1n) is 8.42. The van der Waals surface area contributed by atoms with Gasteiger partial charge in [-0.2, -0.15) is 0 Å². The number of hydrogen-bond donors (Lipinski definition) is 2. The Labute approximate surface area is 147 Å². The van der Waals surface area contributed by atoms with Crippen LogP contribution >= 0.6 is 0 Å². The Morgan fingerprint density at radius 1 is 1.20 bits per heavy atom. The molecule has 0 bridgehead atoms. The summed E-state index contributed by atoms with van der Waals surface area (Å²) in [5.41, 5.74) is 3.23. The topological polar surface area (TPSA) is 74.3 Å². The van der Waals surface area contributed by atoms with Crippen LogP contribution in [-0.2, 0) is 22.6 Å². The maximum atomic E-state index is 12.4. The highest BCUT2D eigenvalue weighted by atomic mass is 16.2. The van der Waals surface area contributed by atoms with Gasteiger partial charge in [-0.3, -0.25) is 19.5 Å². The minimum Gasteiger partial charge on any atom is -0.346 e. The summed E-state index contributed by atoms with van der Waals surface area (Å²) in [7, 11) is 0. The van der Waals surface area contributed by atoms with Gasteiger partial charge < -0.3 is 10.6 Å². The summed E-state index contributed by atoms with van der Waals surface area (Å²) in [6.07, 6.45) is 4.14. The first kappa shape index (κ1) is 17.1. The summed E-state index contributed by atoms with van der Waals surface area (Å²) in [6.45, 7) is 3.42. The van der Waals surface area contributed by atoms with Crippen LogP contribution in [0.2, 0.25) is 0 Å². The van der Waals surface area contributed by atoms with Crippen molar-refractivity contribution in [1.29, 1.82) is 0 Å². The Morgan fingerprint density at radius 3 is 2.76 bits per heavy atom. The number of nitrogens with zero attached hydrogens (tertiary/aromatic N) is 2. The van der Waals surface area contributed by atoms with Gasteiger partial charge in [-0.15, -0.1) is 0 Å². The van der Waals surface area contributed by atoms with E-state index in [1.165, 1.54) is 11.1 Å². The van der Waals surface area contributed by atoms with Gasteiger partial charge in [-0.05, 0) is 36.6 Å². The molecule has 0 saturated carbocycles. The highest BCUT2D eigenvalue weighted by molar-refractivity contribution is 5.95. The Balaban J connectivity index is 1.49. The van der Waals surface area contributed by atoms with Crippen molar-refractivity contribution >= 4 is 17.5 Å². The fourth-order valence-corrected chi connectivity index (χ4v) is 2.97. The van der Waals surface area contributed by atoms with E-state index in [2.05, 4.69) is 32.7 Å². The molecule has 0 spiro atoms. The molecule has 6 heteroatoms. The molecule has 1 aliphatic rings. The average molecular weight is 338 g/mol. The van der Waals surface area contributed by atoms with E-state index in [9.17, 15) is 9.59 Å². The molecule has 130 valence electrons. The third-order valence-electron chi connectivity index (χ3n) is 4.46. The van der Waals surface area contributed by atoms with Crippen molar-refractivity contribution in [2.75, 3.05) is 18.4 Å². The van der Waals surface area contributed by atoms with Gasteiger partial charge in [0.1, 0.15) is 0 Å². The summed E-state index contributed by atoms with van der Waals surface area (Å²) in [6, 6.07) is 11.5.